The van der Waals surface area contributed by atoms with E-state index in [0.717, 1.165) is 11.3 Å². The smallest absolute Gasteiger partial charge is 0.247 e. The monoisotopic (exact) mass is 265 g/mol. The lowest BCUT2D eigenvalue weighted by Gasteiger charge is -2.12. The van der Waals surface area contributed by atoms with Crippen molar-refractivity contribution in [1.82, 2.24) is 20.1 Å². The van der Waals surface area contributed by atoms with Crippen LogP contribution in [0.3, 0.4) is 0 Å². The number of carbonyl (C=O) groups excluding carboxylic acids is 1. The Bertz CT molecular complexity index is 547. The molecule has 18 heavy (non-hydrogen) atoms. The Labute approximate surface area is 109 Å². The third kappa shape index (κ3) is 2.74. The average molecular weight is 265 g/mol. The number of carbonyl (C=O) groups is 1. The van der Waals surface area contributed by atoms with Gasteiger partial charge >= 0.3 is 0 Å². The second-order valence-corrected chi connectivity index (χ2v) is 4.81. The lowest BCUT2D eigenvalue weighted by molar-refractivity contribution is -0.118. The summed E-state index contributed by atoms with van der Waals surface area (Å²) in [6.45, 7) is 1.89. The van der Waals surface area contributed by atoms with Gasteiger partial charge in [0, 0.05) is 24.2 Å². The number of aryl methyl sites for hydroxylation is 2. The molecule has 0 bridgehead atoms. The minimum atomic E-state index is -0.428. The molecule has 2 rings (SSSR count). The fourth-order valence-electron chi connectivity index (χ4n) is 1.63. The Hall–Kier alpha value is -1.73. The van der Waals surface area contributed by atoms with Crippen LogP contribution in [0.15, 0.2) is 17.8 Å². The van der Waals surface area contributed by atoms with E-state index >= 15 is 0 Å². The van der Waals surface area contributed by atoms with Crippen molar-refractivity contribution < 1.29 is 4.79 Å². The van der Waals surface area contributed by atoms with Crippen molar-refractivity contribution in [3.05, 3.63) is 29.0 Å². The summed E-state index contributed by atoms with van der Waals surface area (Å²) in [4.78, 5) is 16.3. The SMILES string of the molecule is CNC(C(=O)Nc1nc(C)cs1)c1cnn(C)c1. The Morgan fingerprint density at radius 2 is 2.33 bits per heavy atom. The molecule has 1 atom stereocenters. The Morgan fingerprint density at radius 1 is 1.56 bits per heavy atom. The van der Waals surface area contributed by atoms with E-state index in [1.807, 2.05) is 25.5 Å². The van der Waals surface area contributed by atoms with Crippen molar-refractivity contribution in [1.29, 1.82) is 0 Å². The number of anilines is 1. The molecule has 0 fully saturated rings. The van der Waals surface area contributed by atoms with Crippen molar-refractivity contribution in [3.8, 4) is 0 Å². The van der Waals surface area contributed by atoms with Crippen LogP contribution in [-0.4, -0.2) is 27.7 Å². The molecule has 0 saturated heterocycles. The Balaban J connectivity index is 2.11. The predicted octanol–water partition coefficient (Wildman–Crippen LogP) is 1.08. The maximum absolute atomic E-state index is 12.1. The van der Waals surface area contributed by atoms with Gasteiger partial charge in [-0.2, -0.15) is 5.10 Å². The van der Waals surface area contributed by atoms with E-state index < -0.39 is 6.04 Å². The summed E-state index contributed by atoms with van der Waals surface area (Å²) in [5, 5.41) is 12.3. The molecule has 0 radical (unpaired) electrons. The molecule has 0 aromatic carbocycles. The minimum Gasteiger partial charge on any atom is -0.305 e. The summed E-state index contributed by atoms with van der Waals surface area (Å²) in [7, 11) is 3.56. The maximum Gasteiger partial charge on any atom is 0.247 e. The quantitative estimate of drug-likeness (QED) is 0.868. The van der Waals surface area contributed by atoms with Gasteiger partial charge in [0.1, 0.15) is 6.04 Å². The summed E-state index contributed by atoms with van der Waals surface area (Å²) in [6, 6.07) is -0.428. The molecule has 0 spiro atoms. The molecule has 0 aliphatic rings. The second kappa shape index (κ2) is 5.28. The van der Waals surface area contributed by atoms with Crippen LogP contribution in [0.2, 0.25) is 0 Å². The highest BCUT2D eigenvalue weighted by Gasteiger charge is 2.20. The third-order valence-corrected chi connectivity index (χ3v) is 3.33. The summed E-state index contributed by atoms with van der Waals surface area (Å²) < 4.78 is 1.67. The molecule has 0 aliphatic heterocycles. The van der Waals surface area contributed by atoms with E-state index in [2.05, 4.69) is 20.7 Å². The summed E-state index contributed by atoms with van der Waals surface area (Å²) in [6.07, 6.45) is 3.49. The Kier molecular flexibility index (Phi) is 3.73. The summed E-state index contributed by atoms with van der Waals surface area (Å²) in [5.41, 5.74) is 1.73. The molecule has 6 nitrogen and oxygen atoms in total. The Morgan fingerprint density at radius 3 is 2.83 bits per heavy atom. The first kappa shape index (κ1) is 12.7. The van der Waals surface area contributed by atoms with Crippen molar-refractivity contribution in [3.63, 3.8) is 0 Å². The van der Waals surface area contributed by atoms with Gasteiger partial charge in [-0.3, -0.25) is 9.48 Å². The fraction of sp³-hybridized carbons (Fsp3) is 0.364. The van der Waals surface area contributed by atoms with Gasteiger partial charge in [-0.25, -0.2) is 4.98 Å². The van der Waals surface area contributed by atoms with E-state index in [9.17, 15) is 4.79 Å². The van der Waals surface area contributed by atoms with Crippen molar-refractivity contribution in [2.24, 2.45) is 7.05 Å². The highest BCUT2D eigenvalue weighted by molar-refractivity contribution is 7.13. The largest absolute Gasteiger partial charge is 0.305 e. The topological polar surface area (TPSA) is 71.8 Å². The fourth-order valence-corrected chi connectivity index (χ4v) is 2.32. The molecule has 0 aliphatic carbocycles. The van der Waals surface area contributed by atoms with E-state index in [1.54, 1.807) is 17.9 Å². The van der Waals surface area contributed by atoms with Gasteiger partial charge in [-0.05, 0) is 14.0 Å². The molecule has 7 heteroatoms. The molecule has 2 aromatic heterocycles. The summed E-state index contributed by atoms with van der Waals surface area (Å²) >= 11 is 1.41. The first-order valence-electron chi connectivity index (χ1n) is 5.49. The van der Waals surface area contributed by atoms with Crippen molar-refractivity contribution >= 4 is 22.4 Å². The van der Waals surface area contributed by atoms with Gasteiger partial charge in [0.05, 0.1) is 11.9 Å². The zero-order valence-electron chi connectivity index (χ0n) is 10.5. The molecule has 96 valence electrons. The third-order valence-electron chi connectivity index (χ3n) is 2.46. The average Bonchev–Trinajstić information content (AvgIpc) is 2.89. The first-order valence-corrected chi connectivity index (χ1v) is 6.37. The minimum absolute atomic E-state index is 0.139. The number of nitrogens with one attached hydrogen (secondary N) is 2. The normalized spacial score (nSPS) is 12.4. The number of thiazole rings is 1. The maximum atomic E-state index is 12.1. The lowest BCUT2D eigenvalue weighted by Crippen LogP contribution is -2.30. The van der Waals surface area contributed by atoms with Crippen LogP contribution in [0.25, 0.3) is 0 Å². The van der Waals surface area contributed by atoms with E-state index in [4.69, 9.17) is 0 Å². The zero-order valence-corrected chi connectivity index (χ0v) is 11.3. The summed E-state index contributed by atoms with van der Waals surface area (Å²) in [5.74, 6) is -0.139. The van der Waals surface area contributed by atoms with Gasteiger partial charge in [0.2, 0.25) is 5.91 Å². The zero-order chi connectivity index (χ0) is 13.1. The number of nitrogens with zero attached hydrogens (tertiary/aromatic N) is 3. The molecule has 2 N–H and O–H groups in total. The van der Waals surface area contributed by atoms with Crippen molar-refractivity contribution in [2.75, 3.05) is 12.4 Å². The standard InChI is InChI=1S/C11H15N5OS/c1-7-6-18-11(14-7)15-10(17)9(12-2)8-4-13-16(3)5-8/h4-6,9,12H,1-3H3,(H,14,15,17). The number of hydrogen-bond donors (Lipinski definition) is 2. The number of aromatic nitrogens is 3. The van der Waals surface area contributed by atoms with Gasteiger partial charge in [0.25, 0.3) is 0 Å². The molecular weight excluding hydrogens is 250 g/mol. The van der Waals surface area contributed by atoms with E-state index in [1.165, 1.54) is 11.3 Å². The lowest BCUT2D eigenvalue weighted by atomic mass is 10.1. The molecular formula is C11H15N5OS. The number of hydrogen-bond acceptors (Lipinski definition) is 5. The second-order valence-electron chi connectivity index (χ2n) is 3.95. The molecule has 0 saturated carbocycles. The van der Waals surface area contributed by atoms with E-state index in [-0.39, 0.29) is 5.91 Å². The van der Waals surface area contributed by atoms with Crippen LogP contribution in [-0.2, 0) is 11.8 Å². The van der Waals surface area contributed by atoms with E-state index in [0.29, 0.717) is 5.13 Å². The van der Waals surface area contributed by atoms with Gasteiger partial charge < -0.3 is 10.6 Å². The highest BCUT2D eigenvalue weighted by Crippen LogP contribution is 2.18. The number of rotatable bonds is 4. The van der Waals surface area contributed by atoms with Gasteiger partial charge in [0.15, 0.2) is 5.13 Å². The molecule has 2 heterocycles. The van der Waals surface area contributed by atoms with Crippen molar-refractivity contribution in [2.45, 2.75) is 13.0 Å². The molecule has 2 aromatic rings. The van der Waals surface area contributed by atoms with Gasteiger partial charge in [-0.15, -0.1) is 11.3 Å². The van der Waals surface area contributed by atoms with Crippen LogP contribution in [0.1, 0.15) is 17.3 Å². The van der Waals surface area contributed by atoms with Crippen LogP contribution in [0, 0.1) is 6.92 Å². The van der Waals surface area contributed by atoms with Crippen LogP contribution < -0.4 is 10.6 Å². The number of amides is 1. The highest BCUT2D eigenvalue weighted by atomic mass is 32.1. The number of likely N-dealkylation sites (N-methyl/N-ethyl adjacent to an activating group) is 1. The van der Waals surface area contributed by atoms with Crippen LogP contribution >= 0.6 is 11.3 Å². The van der Waals surface area contributed by atoms with Gasteiger partial charge in [-0.1, -0.05) is 0 Å². The molecule has 1 amide bonds. The van der Waals surface area contributed by atoms with Crippen LogP contribution in [0.4, 0.5) is 5.13 Å². The predicted molar refractivity (Wildman–Crippen MR) is 70.5 cm³/mol. The van der Waals surface area contributed by atoms with Crippen LogP contribution in [0.5, 0.6) is 0 Å². The molecule has 1 unspecified atom stereocenters. The first-order chi connectivity index (χ1) is 8.60.